The lowest BCUT2D eigenvalue weighted by atomic mass is 9.63. The lowest BCUT2D eigenvalue weighted by molar-refractivity contribution is -0.142. The van der Waals surface area contributed by atoms with Crippen LogP contribution in [0.5, 0.6) is 5.75 Å². The molecule has 0 spiro atoms. The lowest BCUT2D eigenvalue weighted by Crippen LogP contribution is -2.50. The topological polar surface area (TPSA) is 112 Å². The second-order valence-electron chi connectivity index (χ2n) is 7.03. The van der Waals surface area contributed by atoms with E-state index in [2.05, 4.69) is 27.8 Å². The standard InChI is InChI=1S/C18H20N4O4/c1-9(20-18(26)21-15-12(23)3-2-8-19-15)22-16(24)13-10-4-5-11(7-6-10)14(13)17(22)25/h2-5,8-11,13-14,23H,6-7H2,1H3,(H2,19,20,21,26)/t9-,10+,11+,13-,14-/m1/s1. The van der Waals surface area contributed by atoms with Crippen molar-refractivity contribution in [1.29, 1.82) is 0 Å². The third kappa shape index (κ3) is 2.53. The molecule has 5 rings (SSSR count). The molecule has 4 amide bonds. The molecule has 8 heteroatoms. The second kappa shape index (κ2) is 6.12. The Bertz CT molecular complexity index is 776. The Morgan fingerprint density at radius 2 is 1.85 bits per heavy atom. The number of carbonyl (C=O) groups is 3. The zero-order valence-electron chi connectivity index (χ0n) is 14.3. The van der Waals surface area contributed by atoms with Crippen molar-refractivity contribution in [3.05, 3.63) is 30.5 Å². The van der Waals surface area contributed by atoms with Crippen molar-refractivity contribution in [2.75, 3.05) is 5.32 Å². The van der Waals surface area contributed by atoms with Gasteiger partial charge in [-0.05, 0) is 43.7 Å². The highest BCUT2D eigenvalue weighted by Crippen LogP contribution is 2.49. The highest BCUT2D eigenvalue weighted by Gasteiger charge is 2.57. The summed E-state index contributed by atoms with van der Waals surface area (Å²) < 4.78 is 0. The molecule has 0 radical (unpaired) electrons. The van der Waals surface area contributed by atoms with Crippen LogP contribution in [0.3, 0.4) is 0 Å². The molecule has 8 nitrogen and oxygen atoms in total. The first-order chi connectivity index (χ1) is 12.5. The van der Waals surface area contributed by atoms with Gasteiger partial charge in [-0.25, -0.2) is 9.78 Å². The van der Waals surface area contributed by atoms with E-state index in [1.165, 1.54) is 23.2 Å². The van der Waals surface area contributed by atoms with Gasteiger partial charge in [0.05, 0.1) is 11.8 Å². The highest BCUT2D eigenvalue weighted by molar-refractivity contribution is 6.06. The highest BCUT2D eigenvalue weighted by atomic mass is 16.3. The van der Waals surface area contributed by atoms with E-state index in [-0.39, 0.29) is 47.1 Å². The van der Waals surface area contributed by atoms with Gasteiger partial charge in [-0.2, -0.15) is 0 Å². The van der Waals surface area contributed by atoms with Crippen molar-refractivity contribution in [2.24, 2.45) is 23.7 Å². The van der Waals surface area contributed by atoms with Crippen LogP contribution in [0, 0.1) is 23.7 Å². The lowest BCUT2D eigenvalue weighted by Gasteiger charge is -2.38. The molecule has 26 heavy (non-hydrogen) atoms. The van der Waals surface area contributed by atoms with Crippen LogP contribution in [-0.2, 0) is 9.59 Å². The van der Waals surface area contributed by atoms with Crippen molar-refractivity contribution in [1.82, 2.24) is 15.2 Å². The predicted molar refractivity (Wildman–Crippen MR) is 91.7 cm³/mol. The fourth-order valence-electron chi connectivity index (χ4n) is 4.37. The van der Waals surface area contributed by atoms with Gasteiger partial charge in [0.2, 0.25) is 11.8 Å². The van der Waals surface area contributed by atoms with Crippen LogP contribution in [0.15, 0.2) is 30.5 Å². The molecule has 4 aliphatic rings. The average molecular weight is 356 g/mol. The van der Waals surface area contributed by atoms with Crippen LogP contribution in [0.25, 0.3) is 0 Å². The smallest absolute Gasteiger partial charge is 0.322 e. The number of amides is 4. The fraction of sp³-hybridized carbons (Fsp3) is 0.444. The van der Waals surface area contributed by atoms with Crippen molar-refractivity contribution < 1.29 is 19.5 Å². The summed E-state index contributed by atoms with van der Waals surface area (Å²) in [5.41, 5.74) is 0. The number of nitrogens with one attached hydrogen (secondary N) is 2. The first-order valence-electron chi connectivity index (χ1n) is 8.74. The number of aromatic nitrogens is 1. The summed E-state index contributed by atoms with van der Waals surface area (Å²) in [5.74, 6) is -0.989. The number of urea groups is 1. The normalized spacial score (nSPS) is 30.3. The van der Waals surface area contributed by atoms with Crippen LogP contribution >= 0.6 is 0 Å². The number of hydrogen-bond acceptors (Lipinski definition) is 5. The molecule has 3 N–H and O–H groups in total. The van der Waals surface area contributed by atoms with Crippen LogP contribution in [0.1, 0.15) is 19.8 Å². The van der Waals surface area contributed by atoms with Crippen LogP contribution < -0.4 is 10.6 Å². The Balaban J connectivity index is 1.46. The van der Waals surface area contributed by atoms with Gasteiger partial charge < -0.3 is 10.4 Å². The van der Waals surface area contributed by atoms with Crippen molar-refractivity contribution in [3.63, 3.8) is 0 Å². The van der Waals surface area contributed by atoms with Crippen molar-refractivity contribution in [3.8, 4) is 5.75 Å². The third-order valence-corrected chi connectivity index (χ3v) is 5.54. The van der Waals surface area contributed by atoms with Gasteiger partial charge in [-0.15, -0.1) is 0 Å². The molecule has 1 aromatic rings. The maximum absolute atomic E-state index is 12.8. The Kier molecular flexibility index (Phi) is 3.90. The van der Waals surface area contributed by atoms with Gasteiger partial charge >= 0.3 is 6.03 Å². The molecule has 136 valence electrons. The molecular formula is C18H20N4O4. The molecule has 0 unspecified atom stereocenters. The Labute approximate surface area is 150 Å². The van der Waals surface area contributed by atoms with Crippen molar-refractivity contribution >= 4 is 23.7 Å². The zero-order chi connectivity index (χ0) is 18.4. The van der Waals surface area contributed by atoms with Gasteiger partial charge in [0, 0.05) is 6.20 Å². The number of imide groups is 1. The largest absolute Gasteiger partial charge is 0.504 e. The van der Waals surface area contributed by atoms with Crippen LogP contribution in [-0.4, -0.2) is 39.0 Å². The third-order valence-electron chi connectivity index (χ3n) is 5.54. The van der Waals surface area contributed by atoms with E-state index in [1.807, 2.05) is 0 Å². The number of carbonyl (C=O) groups excluding carboxylic acids is 3. The van der Waals surface area contributed by atoms with E-state index in [0.717, 1.165) is 12.8 Å². The summed E-state index contributed by atoms with van der Waals surface area (Å²) >= 11 is 0. The van der Waals surface area contributed by atoms with Crippen molar-refractivity contribution in [2.45, 2.75) is 25.9 Å². The molecule has 3 aliphatic carbocycles. The quantitative estimate of drug-likeness (QED) is 0.561. The molecule has 2 bridgehead atoms. The number of hydrogen-bond donors (Lipinski definition) is 3. The molecule has 1 aromatic heterocycles. The Morgan fingerprint density at radius 1 is 1.23 bits per heavy atom. The van der Waals surface area contributed by atoms with Gasteiger partial charge in [0.1, 0.15) is 6.17 Å². The van der Waals surface area contributed by atoms with Gasteiger partial charge in [-0.1, -0.05) is 12.2 Å². The number of likely N-dealkylation sites (tertiary alicyclic amines) is 1. The maximum Gasteiger partial charge on any atom is 0.322 e. The van der Waals surface area contributed by atoms with E-state index in [0.29, 0.717) is 0 Å². The summed E-state index contributed by atoms with van der Waals surface area (Å²) in [6.45, 7) is 1.60. The summed E-state index contributed by atoms with van der Waals surface area (Å²) in [6, 6.07) is 2.28. The predicted octanol–water partition coefficient (Wildman–Crippen LogP) is 1.45. The molecule has 1 saturated heterocycles. The molecule has 1 aliphatic heterocycles. The number of allylic oxidation sites excluding steroid dienone is 2. The van der Waals surface area contributed by atoms with Crippen LogP contribution in [0.4, 0.5) is 10.6 Å². The molecule has 2 fully saturated rings. The first kappa shape index (κ1) is 16.6. The SMILES string of the molecule is C[C@H](NC(=O)Nc1ncccc1O)N1C(=O)[C@H]2[C@H](C1=O)[C@H]1C=C[C@H]2CC1. The fourth-order valence-corrected chi connectivity index (χ4v) is 4.37. The summed E-state index contributed by atoms with van der Waals surface area (Å²) in [7, 11) is 0. The summed E-state index contributed by atoms with van der Waals surface area (Å²) in [5, 5.41) is 14.7. The van der Waals surface area contributed by atoms with E-state index in [4.69, 9.17) is 0 Å². The molecule has 2 heterocycles. The molecular weight excluding hydrogens is 336 g/mol. The van der Waals surface area contributed by atoms with Gasteiger partial charge in [0.15, 0.2) is 11.6 Å². The van der Waals surface area contributed by atoms with Gasteiger partial charge in [0.25, 0.3) is 0 Å². The number of anilines is 1. The minimum Gasteiger partial charge on any atom is -0.504 e. The zero-order valence-corrected chi connectivity index (χ0v) is 14.3. The van der Waals surface area contributed by atoms with E-state index >= 15 is 0 Å². The average Bonchev–Trinajstić information content (AvgIpc) is 2.91. The monoisotopic (exact) mass is 356 g/mol. The minimum atomic E-state index is -0.786. The first-order valence-corrected chi connectivity index (χ1v) is 8.74. The van der Waals surface area contributed by atoms with Gasteiger partial charge in [-0.3, -0.25) is 19.8 Å². The molecule has 0 aromatic carbocycles. The number of nitrogens with zero attached hydrogens (tertiary/aromatic N) is 2. The Hall–Kier alpha value is -2.90. The van der Waals surface area contributed by atoms with E-state index in [9.17, 15) is 19.5 Å². The second-order valence-corrected chi connectivity index (χ2v) is 7.03. The Morgan fingerprint density at radius 3 is 2.38 bits per heavy atom. The minimum absolute atomic E-state index is 0.00666. The van der Waals surface area contributed by atoms with E-state index < -0.39 is 12.2 Å². The summed E-state index contributed by atoms with van der Waals surface area (Å²) in [4.78, 5) is 42.8. The maximum atomic E-state index is 12.8. The van der Waals surface area contributed by atoms with Crippen LogP contribution in [0.2, 0.25) is 0 Å². The number of fused-ring (bicyclic) bond motifs is 1. The molecule has 5 atom stereocenters. The number of rotatable bonds is 3. The number of aromatic hydroxyl groups is 1. The van der Waals surface area contributed by atoms with E-state index in [1.54, 1.807) is 6.92 Å². The molecule has 1 saturated carbocycles. The number of pyridine rings is 1. The summed E-state index contributed by atoms with van der Waals surface area (Å²) in [6.07, 6.45) is 6.61.